The van der Waals surface area contributed by atoms with Gasteiger partial charge in [-0.15, -0.1) is 0 Å². The number of anilines is 1. The molecule has 1 N–H and O–H groups in total. The van der Waals surface area contributed by atoms with Crippen LogP contribution in [0.15, 0.2) is 28.7 Å². The quantitative estimate of drug-likeness (QED) is 0.916. The summed E-state index contributed by atoms with van der Waals surface area (Å²) in [5, 5.41) is 2.88. The molecule has 2 amide bonds. The number of amides is 2. The van der Waals surface area contributed by atoms with Crippen molar-refractivity contribution in [1.29, 1.82) is 0 Å². The summed E-state index contributed by atoms with van der Waals surface area (Å²) in [6, 6.07) is 7.12. The molecule has 0 saturated carbocycles. The van der Waals surface area contributed by atoms with E-state index in [4.69, 9.17) is 0 Å². The van der Waals surface area contributed by atoms with Gasteiger partial charge in [-0.1, -0.05) is 22.9 Å². The number of likely N-dealkylation sites (tertiary alicyclic amines) is 1. The van der Waals surface area contributed by atoms with Crippen molar-refractivity contribution in [2.45, 2.75) is 38.6 Å². The van der Waals surface area contributed by atoms with Crippen molar-refractivity contribution < 1.29 is 9.59 Å². The molecule has 1 atom stereocenters. The number of rotatable bonds is 4. The number of halogens is 1. The number of hydrogen-bond acceptors (Lipinski definition) is 2. The van der Waals surface area contributed by atoms with E-state index in [1.807, 2.05) is 31.2 Å². The maximum atomic E-state index is 12.3. The van der Waals surface area contributed by atoms with E-state index >= 15 is 0 Å². The highest BCUT2D eigenvalue weighted by molar-refractivity contribution is 9.10. The summed E-state index contributed by atoms with van der Waals surface area (Å²) < 4.78 is 0.969. The zero-order chi connectivity index (χ0) is 14.5. The largest absolute Gasteiger partial charge is 0.331 e. The minimum atomic E-state index is -0.322. The highest BCUT2D eigenvalue weighted by Crippen LogP contribution is 2.21. The van der Waals surface area contributed by atoms with E-state index in [-0.39, 0.29) is 17.9 Å². The molecule has 0 spiro atoms. The highest BCUT2D eigenvalue weighted by Gasteiger charge is 2.33. The summed E-state index contributed by atoms with van der Waals surface area (Å²) in [5.41, 5.74) is 0.757. The Kier molecular flexibility index (Phi) is 5.17. The fourth-order valence-electron chi connectivity index (χ4n) is 2.45. The summed E-state index contributed by atoms with van der Waals surface area (Å²) in [6.45, 7) is 2.67. The van der Waals surface area contributed by atoms with Gasteiger partial charge in [0.1, 0.15) is 6.04 Å². The standard InChI is InChI=1S/C15H19BrN2O2/c1-2-4-14(19)18-10-3-5-13(18)15(20)17-12-8-6-11(16)7-9-12/h6-9,13H,2-5,10H2,1H3,(H,17,20). The second-order valence-corrected chi connectivity index (χ2v) is 5.91. The third kappa shape index (κ3) is 3.60. The first kappa shape index (κ1) is 15.0. The molecule has 1 fully saturated rings. The first-order chi connectivity index (χ1) is 9.61. The molecule has 0 aliphatic carbocycles. The van der Waals surface area contributed by atoms with Gasteiger partial charge in [0.2, 0.25) is 11.8 Å². The third-order valence-electron chi connectivity index (χ3n) is 3.45. The van der Waals surface area contributed by atoms with Crippen LogP contribution in [-0.4, -0.2) is 29.3 Å². The average molecular weight is 339 g/mol. The first-order valence-corrected chi connectivity index (χ1v) is 7.77. The van der Waals surface area contributed by atoms with Gasteiger partial charge in [-0.2, -0.15) is 0 Å². The molecule has 0 aromatic heterocycles. The van der Waals surface area contributed by atoms with E-state index in [0.717, 1.165) is 29.4 Å². The molecule has 1 heterocycles. The van der Waals surface area contributed by atoms with E-state index in [9.17, 15) is 9.59 Å². The van der Waals surface area contributed by atoms with Crippen LogP contribution in [0.3, 0.4) is 0 Å². The van der Waals surface area contributed by atoms with Crippen molar-refractivity contribution in [2.24, 2.45) is 0 Å². The van der Waals surface area contributed by atoms with Crippen molar-refractivity contribution >= 4 is 33.4 Å². The van der Waals surface area contributed by atoms with Gasteiger partial charge in [0.15, 0.2) is 0 Å². The Bertz CT molecular complexity index is 487. The molecule has 0 bridgehead atoms. The molecule has 2 rings (SSSR count). The van der Waals surface area contributed by atoms with Crippen LogP contribution >= 0.6 is 15.9 Å². The topological polar surface area (TPSA) is 49.4 Å². The summed E-state index contributed by atoms with van der Waals surface area (Å²) >= 11 is 3.36. The van der Waals surface area contributed by atoms with Crippen molar-refractivity contribution in [3.8, 4) is 0 Å². The van der Waals surface area contributed by atoms with Crippen LogP contribution in [-0.2, 0) is 9.59 Å². The number of nitrogens with zero attached hydrogens (tertiary/aromatic N) is 1. The lowest BCUT2D eigenvalue weighted by Gasteiger charge is -2.23. The van der Waals surface area contributed by atoms with Crippen LogP contribution in [0.5, 0.6) is 0 Å². The predicted molar refractivity (Wildman–Crippen MR) is 82.4 cm³/mol. The molecule has 1 aliphatic rings. The normalized spacial score (nSPS) is 18.1. The number of carbonyl (C=O) groups excluding carboxylic acids is 2. The number of hydrogen-bond donors (Lipinski definition) is 1. The molecule has 1 aromatic rings. The molecule has 0 radical (unpaired) electrons. The maximum Gasteiger partial charge on any atom is 0.247 e. The van der Waals surface area contributed by atoms with Crippen LogP contribution in [0.2, 0.25) is 0 Å². The minimum Gasteiger partial charge on any atom is -0.331 e. The number of carbonyl (C=O) groups is 2. The molecule has 108 valence electrons. The number of benzene rings is 1. The molecule has 1 aliphatic heterocycles. The Morgan fingerprint density at radius 2 is 2.05 bits per heavy atom. The minimum absolute atomic E-state index is 0.0842. The van der Waals surface area contributed by atoms with Crippen molar-refractivity contribution in [3.05, 3.63) is 28.7 Å². The van der Waals surface area contributed by atoms with Crippen LogP contribution in [0.4, 0.5) is 5.69 Å². The molecular formula is C15H19BrN2O2. The average Bonchev–Trinajstić information content (AvgIpc) is 2.91. The monoisotopic (exact) mass is 338 g/mol. The Balaban J connectivity index is 2.00. The van der Waals surface area contributed by atoms with Crippen molar-refractivity contribution in [3.63, 3.8) is 0 Å². The lowest BCUT2D eigenvalue weighted by molar-refractivity contribution is -0.136. The van der Waals surface area contributed by atoms with Gasteiger partial charge in [-0.05, 0) is 43.5 Å². The summed E-state index contributed by atoms with van der Waals surface area (Å²) in [6.07, 6.45) is 2.98. The van der Waals surface area contributed by atoms with Crippen molar-refractivity contribution in [1.82, 2.24) is 4.90 Å². The van der Waals surface area contributed by atoms with Gasteiger partial charge in [-0.25, -0.2) is 0 Å². The maximum absolute atomic E-state index is 12.3. The molecule has 1 saturated heterocycles. The van der Waals surface area contributed by atoms with E-state index in [1.165, 1.54) is 0 Å². The zero-order valence-corrected chi connectivity index (χ0v) is 13.1. The first-order valence-electron chi connectivity index (χ1n) is 6.97. The molecule has 1 unspecified atom stereocenters. The van der Waals surface area contributed by atoms with Gasteiger partial charge in [0.05, 0.1) is 0 Å². The van der Waals surface area contributed by atoms with Crippen molar-refractivity contribution in [2.75, 3.05) is 11.9 Å². The van der Waals surface area contributed by atoms with Crippen LogP contribution in [0, 0.1) is 0 Å². The Hall–Kier alpha value is -1.36. The lowest BCUT2D eigenvalue weighted by atomic mass is 10.2. The van der Waals surface area contributed by atoms with Crippen LogP contribution in [0.25, 0.3) is 0 Å². The van der Waals surface area contributed by atoms with E-state index in [1.54, 1.807) is 4.90 Å². The smallest absolute Gasteiger partial charge is 0.247 e. The fraction of sp³-hybridized carbons (Fsp3) is 0.467. The molecular weight excluding hydrogens is 320 g/mol. The zero-order valence-electron chi connectivity index (χ0n) is 11.6. The molecule has 4 nitrogen and oxygen atoms in total. The lowest BCUT2D eigenvalue weighted by Crippen LogP contribution is -2.43. The molecule has 5 heteroatoms. The van der Waals surface area contributed by atoms with Gasteiger partial charge in [-0.3, -0.25) is 9.59 Å². The fourth-order valence-corrected chi connectivity index (χ4v) is 2.72. The third-order valence-corrected chi connectivity index (χ3v) is 3.98. The van der Waals surface area contributed by atoms with E-state index < -0.39 is 0 Å². The SMILES string of the molecule is CCCC(=O)N1CCCC1C(=O)Nc1ccc(Br)cc1. The number of nitrogens with one attached hydrogen (secondary N) is 1. The predicted octanol–water partition coefficient (Wildman–Crippen LogP) is 3.18. The molecule has 20 heavy (non-hydrogen) atoms. The van der Waals surface area contributed by atoms with Gasteiger partial charge >= 0.3 is 0 Å². The van der Waals surface area contributed by atoms with Crippen LogP contribution < -0.4 is 5.32 Å². The second-order valence-electron chi connectivity index (χ2n) is 4.99. The Morgan fingerprint density at radius 1 is 1.35 bits per heavy atom. The summed E-state index contributed by atoms with van der Waals surface area (Å²) in [4.78, 5) is 26.0. The van der Waals surface area contributed by atoms with Gasteiger partial charge in [0, 0.05) is 23.1 Å². The van der Waals surface area contributed by atoms with Gasteiger partial charge in [0.25, 0.3) is 0 Å². The van der Waals surface area contributed by atoms with E-state index in [2.05, 4.69) is 21.2 Å². The summed E-state index contributed by atoms with van der Waals surface area (Å²) in [7, 11) is 0. The highest BCUT2D eigenvalue weighted by atomic mass is 79.9. The Morgan fingerprint density at radius 3 is 2.70 bits per heavy atom. The van der Waals surface area contributed by atoms with Crippen LogP contribution in [0.1, 0.15) is 32.6 Å². The summed E-state index contributed by atoms with van der Waals surface area (Å²) in [5.74, 6) is -0.00442. The van der Waals surface area contributed by atoms with E-state index in [0.29, 0.717) is 13.0 Å². The molecule has 1 aromatic carbocycles. The Labute approximate surface area is 127 Å². The van der Waals surface area contributed by atoms with Gasteiger partial charge < -0.3 is 10.2 Å². The second kappa shape index (κ2) is 6.88.